The highest BCUT2D eigenvalue weighted by molar-refractivity contribution is 9.10. The van der Waals surface area contributed by atoms with Gasteiger partial charge in [-0.3, -0.25) is 5.43 Å². The lowest BCUT2D eigenvalue weighted by Gasteiger charge is -2.14. The van der Waals surface area contributed by atoms with Gasteiger partial charge in [0.1, 0.15) is 0 Å². The molecule has 0 atom stereocenters. The molecule has 1 aromatic carbocycles. The molecule has 4 nitrogen and oxygen atoms in total. The molecule has 1 fully saturated rings. The highest BCUT2D eigenvalue weighted by Crippen LogP contribution is 2.29. The number of rotatable bonds is 2. The summed E-state index contributed by atoms with van der Waals surface area (Å²) >= 11 is 9.64. The minimum atomic E-state index is 0.359. The molecule has 6 heteroatoms. The molecule has 1 saturated carbocycles. The molecule has 2 rings (SSSR count). The van der Waals surface area contributed by atoms with E-state index in [1.807, 2.05) is 19.1 Å². The monoisotopic (exact) mass is 344 g/mol. The summed E-state index contributed by atoms with van der Waals surface area (Å²) in [7, 11) is 0. The van der Waals surface area contributed by atoms with Gasteiger partial charge in [-0.15, -0.1) is 0 Å². The highest BCUT2D eigenvalue weighted by Gasteiger charge is 2.15. The molecule has 0 aliphatic heterocycles. The minimum absolute atomic E-state index is 0.359. The maximum absolute atomic E-state index is 6.13. The number of halogens is 2. The number of hydrogen-bond donors (Lipinski definition) is 3. The van der Waals surface area contributed by atoms with Crippen LogP contribution in [-0.4, -0.2) is 12.0 Å². The second kappa shape index (κ2) is 6.59. The number of guanidine groups is 1. The van der Waals surface area contributed by atoms with E-state index in [1.54, 1.807) is 0 Å². The fraction of sp³-hybridized carbons (Fsp3) is 0.462. The van der Waals surface area contributed by atoms with Crippen LogP contribution in [0, 0.1) is 6.92 Å². The van der Waals surface area contributed by atoms with E-state index in [0.29, 0.717) is 17.0 Å². The Morgan fingerprint density at radius 1 is 1.42 bits per heavy atom. The number of aliphatic imine (C=N–C) groups is 1. The second-order valence-corrected chi connectivity index (χ2v) is 6.03. The van der Waals surface area contributed by atoms with Crippen molar-refractivity contribution < 1.29 is 0 Å². The van der Waals surface area contributed by atoms with Crippen molar-refractivity contribution in [3.63, 3.8) is 0 Å². The standard InChI is InChI=1S/C13H18BrClN4/c1-8-6-10(14)12(7-11(8)15)18-13(19-16)17-9-4-2-3-5-9/h6-7,9H,2-5,16H2,1H3,(H2,17,18,19). The molecule has 1 aromatic rings. The van der Waals surface area contributed by atoms with Crippen LogP contribution in [0.5, 0.6) is 0 Å². The summed E-state index contributed by atoms with van der Waals surface area (Å²) in [6, 6.07) is 4.19. The zero-order valence-electron chi connectivity index (χ0n) is 10.8. The van der Waals surface area contributed by atoms with Crippen LogP contribution >= 0.6 is 27.5 Å². The van der Waals surface area contributed by atoms with Crippen LogP contribution < -0.4 is 16.6 Å². The molecular formula is C13H18BrClN4. The molecule has 1 aliphatic rings. The lowest BCUT2D eigenvalue weighted by Crippen LogP contribution is -2.37. The van der Waals surface area contributed by atoms with E-state index in [1.165, 1.54) is 12.8 Å². The summed E-state index contributed by atoms with van der Waals surface area (Å²) in [6.45, 7) is 1.96. The van der Waals surface area contributed by atoms with Gasteiger partial charge in [-0.2, -0.15) is 0 Å². The first-order chi connectivity index (χ1) is 9.10. The second-order valence-electron chi connectivity index (χ2n) is 4.77. The summed E-state index contributed by atoms with van der Waals surface area (Å²) in [6.07, 6.45) is 4.74. The SMILES string of the molecule is Cc1cc(Br)c(NC(=NC2CCCC2)NN)cc1Cl. The van der Waals surface area contributed by atoms with Crippen molar-refractivity contribution in [3.8, 4) is 0 Å². The number of nitrogens with two attached hydrogens (primary N) is 1. The Labute approximate surface area is 126 Å². The molecule has 0 spiro atoms. The van der Waals surface area contributed by atoms with Crippen molar-refractivity contribution in [2.24, 2.45) is 10.8 Å². The normalized spacial score (nSPS) is 16.7. The van der Waals surface area contributed by atoms with Crippen LogP contribution in [0.25, 0.3) is 0 Å². The Hall–Kier alpha value is -0.780. The smallest absolute Gasteiger partial charge is 0.210 e. The van der Waals surface area contributed by atoms with E-state index in [2.05, 4.69) is 31.7 Å². The molecule has 19 heavy (non-hydrogen) atoms. The van der Waals surface area contributed by atoms with Crippen molar-refractivity contribution >= 4 is 39.2 Å². The van der Waals surface area contributed by atoms with Crippen LogP contribution in [0.15, 0.2) is 21.6 Å². The van der Waals surface area contributed by atoms with Gasteiger partial charge in [0.05, 0.1) is 11.7 Å². The summed E-state index contributed by atoms with van der Waals surface area (Å²) in [5.41, 5.74) is 4.49. The molecule has 0 aromatic heterocycles. The number of hydrazine groups is 1. The van der Waals surface area contributed by atoms with E-state index in [4.69, 9.17) is 17.4 Å². The summed E-state index contributed by atoms with van der Waals surface area (Å²) in [5.74, 6) is 6.10. The van der Waals surface area contributed by atoms with E-state index >= 15 is 0 Å². The quantitative estimate of drug-likeness (QED) is 0.332. The molecule has 0 unspecified atom stereocenters. The van der Waals surface area contributed by atoms with Gasteiger partial charge in [0.25, 0.3) is 0 Å². The number of hydrogen-bond acceptors (Lipinski definition) is 2. The number of nitrogens with zero attached hydrogens (tertiary/aromatic N) is 1. The third kappa shape index (κ3) is 3.84. The average Bonchev–Trinajstić information content (AvgIpc) is 2.87. The van der Waals surface area contributed by atoms with Gasteiger partial charge in [-0.05, 0) is 53.4 Å². The van der Waals surface area contributed by atoms with Gasteiger partial charge in [-0.1, -0.05) is 24.4 Å². The third-order valence-electron chi connectivity index (χ3n) is 3.27. The molecule has 4 N–H and O–H groups in total. The topological polar surface area (TPSA) is 62.4 Å². The lowest BCUT2D eigenvalue weighted by molar-refractivity contribution is 0.700. The molecule has 0 amide bonds. The highest BCUT2D eigenvalue weighted by atomic mass is 79.9. The molecule has 1 aliphatic carbocycles. The number of nitrogens with one attached hydrogen (secondary N) is 2. The van der Waals surface area contributed by atoms with E-state index < -0.39 is 0 Å². The van der Waals surface area contributed by atoms with Gasteiger partial charge in [0.15, 0.2) is 0 Å². The fourth-order valence-corrected chi connectivity index (χ4v) is 2.91. The van der Waals surface area contributed by atoms with Crippen LogP contribution in [0.3, 0.4) is 0 Å². The lowest BCUT2D eigenvalue weighted by atomic mass is 10.2. The van der Waals surface area contributed by atoms with Crippen molar-refractivity contribution in [3.05, 3.63) is 27.2 Å². The van der Waals surface area contributed by atoms with E-state index in [0.717, 1.165) is 28.6 Å². The van der Waals surface area contributed by atoms with Gasteiger partial charge >= 0.3 is 0 Å². The van der Waals surface area contributed by atoms with E-state index in [-0.39, 0.29) is 0 Å². The summed E-state index contributed by atoms with van der Waals surface area (Å²) in [4.78, 5) is 4.59. The number of benzene rings is 1. The van der Waals surface area contributed by atoms with Crippen molar-refractivity contribution in [2.45, 2.75) is 38.6 Å². The first-order valence-corrected chi connectivity index (χ1v) is 7.54. The molecule has 0 radical (unpaired) electrons. The zero-order chi connectivity index (χ0) is 13.8. The Bertz CT molecular complexity index is 484. The van der Waals surface area contributed by atoms with Gasteiger partial charge in [0, 0.05) is 9.50 Å². The minimum Gasteiger partial charge on any atom is -0.324 e. The van der Waals surface area contributed by atoms with Crippen molar-refractivity contribution in [1.29, 1.82) is 0 Å². The fourth-order valence-electron chi connectivity index (χ4n) is 2.19. The molecular weight excluding hydrogens is 328 g/mol. The molecule has 0 heterocycles. The first-order valence-electron chi connectivity index (χ1n) is 6.37. The van der Waals surface area contributed by atoms with Crippen LogP contribution in [-0.2, 0) is 0 Å². The van der Waals surface area contributed by atoms with Gasteiger partial charge < -0.3 is 5.32 Å². The zero-order valence-corrected chi connectivity index (χ0v) is 13.2. The summed E-state index contributed by atoms with van der Waals surface area (Å²) in [5, 5.41) is 3.89. The Balaban J connectivity index is 2.15. The Kier molecular flexibility index (Phi) is 5.07. The predicted octanol–water partition coefficient (Wildman–Crippen LogP) is 3.58. The van der Waals surface area contributed by atoms with Crippen LogP contribution in [0.1, 0.15) is 31.2 Å². The van der Waals surface area contributed by atoms with Crippen LogP contribution in [0.2, 0.25) is 5.02 Å². The maximum atomic E-state index is 6.13. The van der Waals surface area contributed by atoms with Gasteiger partial charge in [0.2, 0.25) is 5.96 Å². The number of anilines is 1. The van der Waals surface area contributed by atoms with Gasteiger partial charge in [-0.25, -0.2) is 10.8 Å². The first kappa shape index (κ1) is 14.6. The Morgan fingerprint density at radius 3 is 2.74 bits per heavy atom. The largest absolute Gasteiger partial charge is 0.324 e. The van der Waals surface area contributed by atoms with Crippen LogP contribution in [0.4, 0.5) is 5.69 Å². The van der Waals surface area contributed by atoms with E-state index in [9.17, 15) is 0 Å². The molecule has 0 saturated heterocycles. The average molecular weight is 346 g/mol. The predicted molar refractivity (Wildman–Crippen MR) is 84.5 cm³/mol. The molecule has 104 valence electrons. The number of aryl methyl sites for hydroxylation is 1. The maximum Gasteiger partial charge on any atom is 0.210 e. The Morgan fingerprint density at radius 2 is 2.11 bits per heavy atom. The third-order valence-corrected chi connectivity index (χ3v) is 4.34. The van der Waals surface area contributed by atoms with Crippen molar-refractivity contribution in [2.75, 3.05) is 5.32 Å². The summed E-state index contributed by atoms with van der Waals surface area (Å²) < 4.78 is 0.934. The molecule has 0 bridgehead atoms. The van der Waals surface area contributed by atoms with Crippen molar-refractivity contribution in [1.82, 2.24) is 5.43 Å².